The molecule has 0 saturated carbocycles. The predicted octanol–water partition coefficient (Wildman–Crippen LogP) is 1.67. The Kier molecular flexibility index (Phi) is 6.21. The minimum atomic E-state index is -0.489. The van der Waals surface area contributed by atoms with E-state index in [0.717, 1.165) is 12.8 Å². The SMILES string of the molecule is CCOC(=O)c1coc(NCC(CC)CCO)n1. The van der Waals surface area contributed by atoms with Gasteiger partial charge in [0.25, 0.3) is 6.01 Å². The average Bonchev–Trinajstić information content (AvgIpc) is 2.83. The molecule has 18 heavy (non-hydrogen) atoms. The van der Waals surface area contributed by atoms with Crippen molar-refractivity contribution < 1.29 is 19.1 Å². The highest BCUT2D eigenvalue weighted by Crippen LogP contribution is 2.12. The van der Waals surface area contributed by atoms with Crippen LogP contribution in [0.4, 0.5) is 6.01 Å². The number of carbonyl (C=O) groups is 1. The predicted molar refractivity (Wildman–Crippen MR) is 66.4 cm³/mol. The largest absolute Gasteiger partial charge is 0.461 e. The number of aliphatic hydroxyl groups excluding tert-OH is 1. The van der Waals surface area contributed by atoms with E-state index < -0.39 is 5.97 Å². The fraction of sp³-hybridized carbons (Fsp3) is 0.667. The van der Waals surface area contributed by atoms with Crippen LogP contribution in [-0.4, -0.2) is 35.8 Å². The van der Waals surface area contributed by atoms with Crippen LogP contribution in [0, 0.1) is 5.92 Å². The van der Waals surface area contributed by atoms with E-state index in [-0.39, 0.29) is 12.3 Å². The van der Waals surface area contributed by atoms with Gasteiger partial charge in [-0.2, -0.15) is 4.98 Å². The number of aliphatic hydroxyl groups is 1. The number of hydrogen-bond acceptors (Lipinski definition) is 6. The molecule has 1 unspecified atom stereocenters. The number of ether oxygens (including phenoxy) is 1. The normalized spacial score (nSPS) is 12.2. The highest BCUT2D eigenvalue weighted by atomic mass is 16.5. The average molecular weight is 256 g/mol. The second-order valence-corrected chi connectivity index (χ2v) is 3.93. The quantitative estimate of drug-likeness (QED) is 0.688. The van der Waals surface area contributed by atoms with Crippen LogP contribution in [0.2, 0.25) is 0 Å². The lowest BCUT2D eigenvalue weighted by Gasteiger charge is -2.12. The second kappa shape index (κ2) is 7.71. The maximum Gasteiger partial charge on any atom is 0.360 e. The zero-order chi connectivity index (χ0) is 13.4. The van der Waals surface area contributed by atoms with E-state index in [2.05, 4.69) is 17.2 Å². The van der Waals surface area contributed by atoms with Crippen molar-refractivity contribution in [3.05, 3.63) is 12.0 Å². The summed E-state index contributed by atoms with van der Waals surface area (Å²) in [5.74, 6) is -0.135. The first-order chi connectivity index (χ1) is 8.71. The van der Waals surface area contributed by atoms with Crippen molar-refractivity contribution in [2.24, 2.45) is 5.92 Å². The number of anilines is 1. The molecule has 0 aliphatic rings. The number of oxazole rings is 1. The van der Waals surface area contributed by atoms with E-state index in [0.29, 0.717) is 25.1 Å². The van der Waals surface area contributed by atoms with E-state index in [9.17, 15) is 4.79 Å². The van der Waals surface area contributed by atoms with Gasteiger partial charge >= 0.3 is 5.97 Å². The Labute approximate surface area is 106 Å². The van der Waals surface area contributed by atoms with Crippen molar-refractivity contribution in [2.45, 2.75) is 26.7 Å². The van der Waals surface area contributed by atoms with Crippen LogP contribution in [0.25, 0.3) is 0 Å². The van der Waals surface area contributed by atoms with Gasteiger partial charge in [-0.15, -0.1) is 0 Å². The van der Waals surface area contributed by atoms with Gasteiger partial charge < -0.3 is 19.6 Å². The molecule has 0 amide bonds. The van der Waals surface area contributed by atoms with E-state index >= 15 is 0 Å². The Morgan fingerprint density at radius 3 is 3.00 bits per heavy atom. The first kappa shape index (κ1) is 14.5. The van der Waals surface area contributed by atoms with Crippen molar-refractivity contribution in [3.8, 4) is 0 Å². The third-order valence-corrected chi connectivity index (χ3v) is 2.65. The number of nitrogens with one attached hydrogen (secondary N) is 1. The summed E-state index contributed by atoms with van der Waals surface area (Å²) in [5, 5.41) is 11.9. The van der Waals surface area contributed by atoms with Crippen LogP contribution in [0.1, 0.15) is 37.2 Å². The number of rotatable bonds is 8. The summed E-state index contributed by atoms with van der Waals surface area (Å²) >= 11 is 0. The zero-order valence-corrected chi connectivity index (χ0v) is 10.8. The molecular weight excluding hydrogens is 236 g/mol. The summed E-state index contributed by atoms with van der Waals surface area (Å²) in [7, 11) is 0. The van der Waals surface area contributed by atoms with Gasteiger partial charge in [0.1, 0.15) is 6.26 Å². The van der Waals surface area contributed by atoms with Crippen LogP contribution in [0.15, 0.2) is 10.7 Å². The molecule has 0 bridgehead atoms. The zero-order valence-electron chi connectivity index (χ0n) is 10.8. The van der Waals surface area contributed by atoms with Gasteiger partial charge in [-0.1, -0.05) is 13.3 Å². The van der Waals surface area contributed by atoms with Crippen molar-refractivity contribution in [1.82, 2.24) is 4.98 Å². The molecule has 102 valence electrons. The Morgan fingerprint density at radius 2 is 2.39 bits per heavy atom. The second-order valence-electron chi connectivity index (χ2n) is 3.93. The minimum absolute atomic E-state index is 0.162. The van der Waals surface area contributed by atoms with Crippen LogP contribution < -0.4 is 5.32 Å². The monoisotopic (exact) mass is 256 g/mol. The summed E-state index contributed by atoms with van der Waals surface area (Å²) in [6.07, 6.45) is 2.96. The first-order valence-corrected chi connectivity index (χ1v) is 6.18. The van der Waals surface area contributed by atoms with Crippen molar-refractivity contribution in [2.75, 3.05) is 25.1 Å². The van der Waals surface area contributed by atoms with Crippen LogP contribution in [0.3, 0.4) is 0 Å². The van der Waals surface area contributed by atoms with Gasteiger partial charge in [0, 0.05) is 13.2 Å². The lowest BCUT2D eigenvalue weighted by molar-refractivity contribution is 0.0519. The summed E-state index contributed by atoms with van der Waals surface area (Å²) in [6, 6.07) is 0.300. The van der Waals surface area contributed by atoms with E-state index in [4.69, 9.17) is 14.3 Å². The maximum absolute atomic E-state index is 11.3. The molecule has 1 aromatic heterocycles. The topological polar surface area (TPSA) is 84.6 Å². The Hall–Kier alpha value is -1.56. The Morgan fingerprint density at radius 1 is 1.61 bits per heavy atom. The lowest BCUT2D eigenvalue weighted by atomic mass is 10.0. The number of aromatic nitrogens is 1. The molecule has 0 radical (unpaired) electrons. The highest BCUT2D eigenvalue weighted by molar-refractivity contribution is 5.87. The molecule has 1 aromatic rings. The third kappa shape index (κ3) is 4.37. The van der Waals surface area contributed by atoms with Gasteiger partial charge in [-0.05, 0) is 19.3 Å². The molecular formula is C12H20N2O4. The van der Waals surface area contributed by atoms with E-state index in [1.165, 1.54) is 6.26 Å². The van der Waals surface area contributed by atoms with Crippen LogP contribution in [-0.2, 0) is 4.74 Å². The van der Waals surface area contributed by atoms with Gasteiger partial charge in [0.2, 0.25) is 0 Å². The number of hydrogen-bond donors (Lipinski definition) is 2. The molecule has 0 fully saturated rings. The molecule has 0 saturated heterocycles. The molecule has 0 spiro atoms. The molecule has 0 aliphatic carbocycles. The third-order valence-electron chi connectivity index (χ3n) is 2.65. The summed E-state index contributed by atoms with van der Waals surface area (Å²) in [4.78, 5) is 15.3. The van der Waals surface area contributed by atoms with Crippen molar-refractivity contribution in [1.29, 1.82) is 0 Å². The number of nitrogens with zero attached hydrogens (tertiary/aromatic N) is 1. The fourth-order valence-corrected chi connectivity index (χ4v) is 1.52. The lowest BCUT2D eigenvalue weighted by Crippen LogP contribution is -2.15. The maximum atomic E-state index is 11.3. The Balaban J connectivity index is 2.46. The molecule has 0 aromatic carbocycles. The summed E-state index contributed by atoms with van der Waals surface area (Å²) < 4.78 is 9.92. The van der Waals surface area contributed by atoms with Crippen LogP contribution in [0.5, 0.6) is 0 Å². The summed E-state index contributed by atoms with van der Waals surface area (Å²) in [5.41, 5.74) is 0.162. The molecule has 1 rings (SSSR count). The number of esters is 1. The van der Waals surface area contributed by atoms with Gasteiger partial charge in [-0.25, -0.2) is 4.79 Å². The fourth-order valence-electron chi connectivity index (χ4n) is 1.52. The van der Waals surface area contributed by atoms with Gasteiger partial charge in [0.05, 0.1) is 6.61 Å². The van der Waals surface area contributed by atoms with E-state index in [1.807, 2.05) is 0 Å². The van der Waals surface area contributed by atoms with Gasteiger partial charge in [-0.3, -0.25) is 0 Å². The number of carbonyl (C=O) groups excluding carboxylic acids is 1. The molecule has 6 nitrogen and oxygen atoms in total. The molecule has 1 atom stereocenters. The molecule has 0 aliphatic heterocycles. The molecule has 1 heterocycles. The smallest absolute Gasteiger partial charge is 0.360 e. The van der Waals surface area contributed by atoms with Crippen LogP contribution >= 0.6 is 0 Å². The highest BCUT2D eigenvalue weighted by Gasteiger charge is 2.13. The van der Waals surface area contributed by atoms with Crippen molar-refractivity contribution >= 4 is 12.0 Å². The first-order valence-electron chi connectivity index (χ1n) is 6.18. The minimum Gasteiger partial charge on any atom is -0.461 e. The van der Waals surface area contributed by atoms with Crippen molar-refractivity contribution in [3.63, 3.8) is 0 Å². The molecule has 2 N–H and O–H groups in total. The Bertz CT molecular complexity index is 365. The van der Waals surface area contributed by atoms with Gasteiger partial charge in [0.15, 0.2) is 5.69 Å². The summed E-state index contributed by atoms with van der Waals surface area (Å²) in [6.45, 7) is 4.92. The molecule has 6 heteroatoms. The standard InChI is InChI=1S/C12H20N2O4/c1-3-9(5-6-15)7-13-12-14-10(8-18-12)11(16)17-4-2/h8-9,15H,3-7H2,1-2H3,(H,13,14). The van der Waals surface area contributed by atoms with E-state index in [1.54, 1.807) is 6.92 Å².